The second-order valence-electron chi connectivity index (χ2n) is 7.71. The number of hydrogen-bond acceptors (Lipinski definition) is 3. The van der Waals surface area contributed by atoms with Gasteiger partial charge in [0.1, 0.15) is 0 Å². The van der Waals surface area contributed by atoms with Gasteiger partial charge in [0.25, 0.3) is 0 Å². The molecule has 2 heterocycles. The summed E-state index contributed by atoms with van der Waals surface area (Å²) in [5, 5.41) is 6.73. The predicted molar refractivity (Wildman–Crippen MR) is 130 cm³/mol. The van der Waals surface area contributed by atoms with Crippen molar-refractivity contribution in [2.24, 2.45) is 4.99 Å². The summed E-state index contributed by atoms with van der Waals surface area (Å²) in [6.45, 7) is 9.52. The lowest BCUT2D eigenvalue weighted by Crippen LogP contribution is -2.42. The molecule has 1 amide bonds. The van der Waals surface area contributed by atoms with Crippen molar-refractivity contribution in [2.45, 2.75) is 52.1 Å². The molecule has 7 heteroatoms. The summed E-state index contributed by atoms with van der Waals surface area (Å²) in [5.41, 5.74) is 2.56. The van der Waals surface area contributed by atoms with Crippen molar-refractivity contribution in [1.82, 2.24) is 20.4 Å². The first kappa shape index (κ1) is 23.9. The molecular formula is C22H36IN5O. The molecule has 0 saturated carbocycles. The van der Waals surface area contributed by atoms with Crippen LogP contribution in [0.4, 0.5) is 0 Å². The molecule has 162 valence electrons. The first-order valence-corrected chi connectivity index (χ1v) is 10.9. The maximum Gasteiger partial charge on any atom is 0.223 e. The van der Waals surface area contributed by atoms with Gasteiger partial charge in [-0.05, 0) is 50.4 Å². The minimum Gasteiger partial charge on any atom is -0.357 e. The first-order chi connectivity index (χ1) is 13.8. The zero-order valence-electron chi connectivity index (χ0n) is 17.7. The molecule has 0 spiro atoms. The lowest BCUT2D eigenvalue weighted by molar-refractivity contribution is -0.131. The van der Waals surface area contributed by atoms with Gasteiger partial charge >= 0.3 is 0 Å². The fourth-order valence-corrected chi connectivity index (χ4v) is 3.95. The van der Waals surface area contributed by atoms with Crippen LogP contribution in [0.15, 0.2) is 29.3 Å². The third kappa shape index (κ3) is 7.77. The third-order valence-electron chi connectivity index (χ3n) is 5.53. The number of likely N-dealkylation sites (tertiary alicyclic amines) is 1. The number of benzene rings is 1. The van der Waals surface area contributed by atoms with Gasteiger partial charge in [0, 0.05) is 45.7 Å². The van der Waals surface area contributed by atoms with Gasteiger partial charge in [-0.2, -0.15) is 0 Å². The number of carbonyl (C=O) groups is 1. The minimum atomic E-state index is 0. The van der Waals surface area contributed by atoms with Crippen LogP contribution in [0.5, 0.6) is 0 Å². The molecule has 29 heavy (non-hydrogen) atoms. The summed E-state index contributed by atoms with van der Waals surface area (Å²) in [6.07, 6.45) is 5.36. The SMILES string of the molecule is CCNC(=NCCCC(=O)N1Cc2ccccc2C1)NCCN1CCCCC1.I. The van der Waals surface area contributed by atoms with E-state index in [0.29, 0.717) is 13.0 Å². The number of guanidine groups is 1. The number of carbonyl (C=O) groups excluding carboxylic acids is 1. The van der Waals surface area contributed by atoms with Crippen molar-refractivity contribution in [3.05, 3.63) is 35.4 Å². The molecule has 0 aromatic heterocycles. The highest BCUT2D eigenvalue weighted by atomic mass is 127. The summed E-state index contributed by atoms with van der Waals surface area (Å²) >= 11 is 0. The highest BCUT2D eigenvalue weighted by molar-refractivity contribution is 14.0. The predicted octanol–water partition coefficient (Wildman–Crippen LogP) is 2.97. The normalized spacial score (nSPS) is 16.9. The Morgan fingerprint density at radius 2 is 1.76 bits per heavy atom. The monoisotopic (exact) mass is 513 g/mol. The number of piperidine rings is 1. The van der Waals surface area contributed by atoms with Gasteiger partial charge in [0.05, 0.1) is 0 Å². The van der Waals surface area contributed by atoms with E-state index in [0.717, 1.165) is 45.1 Å². The second-order valence-corrected chi connectivity index (χ2v) is 7.71. The average molecular weight is 513 g/mol. The molecule has 1 saturated heterocycles. The van der Waals surface area contributed by atoms with E-state index >= 15 is 0 Å². The van der Waals surface area contributed by atoms with Crippen LogP contribution in [0, 0.1) is 0 Å². The second kappa shape index (κ2) is 13.1. The number of nitrogens with zero attached hydrogens (tertiary/aromatic N) is 3. The van der Waals surface area contributed by atoms with Gasteiger partial charge in [0.2, 0.25) is 5.91 Å². The Morgan fingerprint density at radius 3 is 2.41 bits per heavy atom. The maximum absolute atomic E-state index is 12.5. The Hall–Kier alpha value is -1.35. The number of amides is 1. The van der Waals surface area contributed by atoms with Gasteiger partial charge in [-0.15, -0.1) is 24.0 Å². The number of halogens is 1. The maximum atomic E-state index is 12.5. The molecule has 3 rings (SSSR count). The standard InChI is InChI=1S/C22H35N5O.HI/c1-2-23-22(25-13-16-26-14-6-3-7-15-26)24-12-8-11-21(28)27-17-19-9-4-5-10-20(19)18-27;/h4-5,9-10H,2-3,6-8,11-18H2,1H3,(H2,23,24,25);1H. The molecule has 0 bridgehead atoms. The number of hydrogen-bond donors (Lipinski definition) is 2. The van der Waals surface area contributed by atoms with Crippen LogP contribution >= 0.6 is 24.0 Å². The van der Waals surface area contributed by atoms with E-state index in [1.54, 1.807) is 0 Å². The Labute approximate surface area is 192 Å². The highest BCUT2D eigenvalue weighted by Gasteiger charge is 2.22. The molecular weight excluding hydrogens is 477 g/mol. The lowest BCUT2D eigenvalue weighted by Gasteiger charge is -2.26. The molecule has 0 unspecified atom stereocenters. The molecule has 2 aliphatic heterocycles. The van der Waals surface area contributed by atoms with Crippen molar-refractivity contribution in [3.63, 3.8) is 0 Å². The van der Waals surface area contributed by atoms with Crippen LogP contribution in [-0.2, 0) is 17.9 Å². The van der Waals surface area contributed by atoms with Crippen LogP contribution < -0.4 is 10.6 Å². The molecule has 2 aliphatic rings. The Morgan fingerprint density at radius 1 is 1.07 bits per heavy atom. The van der Waals surface area contributed by atoms with Gasteiger partial charge in [0.15, 0.2) is 5.96 Å². The van der Waals surface area contributed by atoms with E-state index in [1.807, 2.05) is 17.0 Å². The molecule has 0 radical (unpaired) electrons. The van der Waals surface area contributed by atoms with Gasteiger partial charge in [-0.3, -0.25) is 9.79 Å². The molecule has 0 aliphatic carbocycles. The minimum absolute atomic E-state index is 0. The fourth-order valence-electron chi connectivity index (χ4n) is 3.95. The number of nitrogens with one attached hydrogen (secondary N) is 2. The van der Waals surface area contributed by atoms with Crippen LogP contribution in [-0.4, -0.2) is 60.9 Å². The fraction of sp³-hybridized carbons (Fsp3) is 0.636. The van der Waals surface area contributed by atoms with Gasteiger partial charge < -0.3 is 20.4 Å². The first-order valence-electron chi connectivity index (χ1n) is 10.9. The summed E-state index contributed by atoms with van der Waals surface area (Å²) in [4.78, 5) is 21.6. The molecule has 2 N–H and O–H groups in total. The lowest BCUT2D eigenvalue weighted by atomic mass is 10.1. The van der Waals surface area contributed by atoms with Crippen LogP contribution in [0.2, 0.25) is 0 Å². The van der Waals surface area contributed by atoms with Gasteiger partial charge in [-0.1, -0.05) is 30.7 Å². The molecule has 1 aromatic rings. The Bertz CT molecular complexity index is 635. The van der Waals surface area contributed by atoms with Crippen molar-refractivity contribution in [3.8, 4) is 0 Å². The van der Waals surface area contributed by atoms with E-state index in [1.165, 1.54) is 43.5 Å². The van der Waals surface area contributed by atoms with E-state index < -0.39 is 0 Å². The number of rotatable bonds is 8. The van der Waals surface area contributed by atoms with Crippen molar-refractivity contribution in [2.75, 3.05) is 39.3 Å². The largest absolute Gasteiger partial charge is 0.357 e. The van der Waals surface area contributed by atoms with Gasteiger partial charge in [-0.25, -0.2) is 0 Å². The molecule has 6 nitrogen and oxygen atoms in total. The number of aliphatic imine (C=N–C) groups is 1. The third-order valence-corrected chi connectivity index (χ3v) is 5.53. The quantitative estimate of drug-likeness (QED) is 0.243. The van der Waals surface area contributed by atoms with E-state index in [9.17, 15) is 4.79 Å². The summed E-state index contributed by atoms with van der Waals surface area (Å²) in [7, 11) is 0. The van der Waals surface area contributed by atoms with E-state index in [2.05, 4.69) is 39.6 Å². The van der Waals surface area contributed by atoms with Crippen LogP contribution in [0.1, 0.15) is 50.2 Å². The Kier molecular flexibility index (Phi) is 10.8. The summed E-state index contributed by atoms with van der Waals surface area (Å²) < 4.78 is 0. The van der Waals surface area contributed by atoms with E-state index in [-0.39, 0.29) is 29.9 Å². The van der Waals surface area contributed by atoms with Crippen molar-refractivity contribution in [1.29, 1.82) is 0 Å². The van der Waals surface area contributed by atoms with Crippen LogP contribution in [0.3, 0.4) is 0 Å². The zero-order chi connectivity index (χ0) is 19.6. The van der Waals surface area contributed by atoms with Crippen LogP contribution in [0.25, 0.3) is 0 Å². The Balaban J connectivity index is 0.00000300. The number of fused-ring (bicyclic) bond motifs is 1. The molecule has 0 atom stereocenters. The highest BCUT2D eigenvalue weighted by Crippen LogP contribution is 2.22. The van der Waals surface area contributed by atoms with Crippen molar-refractivity contribution >= 4 is 35.8 Å². The van der Waals surface area contributed by atoms with E-state index in [4.69, 9.17) is 0 Å². The smallest absolute Gasteiger partial charge is 0.223 e. The topological polar surface area (TPSA) is 60.0 Å². The molecule has 1 aromatic carbocycles. The molecule has 1 fully saturated rings. The summed E-state index contributed by atoms with van der Waals surface area (Å²) in [5.74, 6) is 1.09. The summed E-state index contributed by atoms with van der Waals surface area (Å²) in [6, 6.07) is 8.32. The average Bonchev–Trinajstić information content (AvgIpc) is 3.16. The van der Waals surface area contributed by atoms with Crippen molar-refractivity contribution < 1.29 is 4.79 Å². The zero-order valence-corrected chi connectivity index (χ0v) is 20.0.